The molecule has 0 aliphatic carbocycles. The molecule has 1 atom stereocenters. The van der Waals surface area contributed by atoms with E-state index in [1.54, 1.807) is 12.1 Å². The number of hydrogen-bond donors (Lipinski definition) is 2. The van der Waals surface area contributed by atoms with Gasteiger partial charge in [-0.05, 0) is 30.7 Å². The number of aromatic nitrogens is 2. The molecule has 0 bridgehead atoms. The van der Waals surface area contributed by atoms with Crippen LogP contribution in [0.3, 0.4) is 0 Å². The van der Waals surface area contributed by atoms with Gasteiger partial charge in [0.25, 0.3) is 11.2 Å². The number of amides is 1. The number of non-ortho nitro benzene ring substituents is 1. The second-order valence-corrected chi connectivity index (χ2v) is 8.65. The van der Waals surface area contributed by atoms with Gasteiger partial charge < -0.3 is 15.2 Å². The Morgan fingerprint density at radius 3 is 2.41 bits per heavy atom. The molecule has 3 aromatic rings. The Morgan fingerprint density at radius 1 is 1.24 bits per heavy atom. The maximum absolute atomic E-state index is 12.8. The number of carbonyl (C=O) groups is 1. The number of hydrogen-bond acceptors (Lipinski definition) is 8. The number of aromatic amines is 1. The zero-order chi connectivity index (χ0) is 24.8. The number of anilines is 2. The van der Waals surface area contributed by atoms with E-state index >= 15 is 0 Å². The highest BCUT2D eigenvalue weighted by molar-refractivity contribution is 8.00. The summed E-state index contributed by atoms with van der Waals surface area (Å²) in [6.07, 6.45) is 0.431. The monoisotopic (exact) mass is 478 g/mol. The number of carbonyl (C=O) groups excluding carboxylic acids is 1. The molecule has 0 aliphatic rings. The third-order valence-electron chi connectivity index (χ3n) is 4.93. The molecule has 0 saturated carbocycles. The van der Waals surface area contributed by atoms with Gasteiger partial charge in [0, 0.05) is 43.2 Å². The lowest BCUT2D eigenvalue weighted by Gasteiger charge is -2.15. The van der Waals surface area contributed by atoms with E-state index < -0.39 is 15.7 Å². The maximum Gasteiger partial charge on any atom is 0.270 e. The molecule has 0 fully saturated rings. The highest BCUT2D eigenvalue weighted by atomic mass is 32.2. The fraction of sp³-hybridized carbons (Fsp3) is 0.217. The van der Waals surface area contributed by atoms with E-state index in [0.29, 0.717) is 17.7 Å². The summed E-state index contributed by atoms with van der Waals surface area (Å²) in [4.78, 5) is 44.6. The van der Waals surface area contributed by atoms with Gasteiger partial charge in [-0.25, -0.2) is 4.98 Å². The van der Waals surface area contributed by atoms with Gasteiger partial charge >= 0.3 is 0 Å². The molecule has 1 amide bonds. The number of nitrogens with one attached hydrogen (secondary N) is 2. The van der Waals surface area contributed by atoms with Gasteiger partial charge in [0.15, 0.2) is 5.16 Å². The summed E-state index contributed by atoms with van der Waals surface area (Å²) in [5, 5.41) is 22.6. The standard InChI is InChI=1S/C23H22N6O4S/c1-4-19(22(31)25-15-7-11-17(12-8-15)29(32)33)34-23-26-20(18(13-24)21(30)27-23)14-5-9-16(10-6-14)28(2)3/h5-12,19H,4H2,1-3H3,(H,25,31)(H,26,27,30)/t19-/m0/s1. The van der Waals surface area contributed by atoms with Gasteiger partial charge in [0.1, 0.15) is 11.6 Å². The Kier molecular flexibility index (Phi) is 7.65. The first-order chi connectivity index (χ1) is 16.2. The Balaban J connectivity index is 1.85. The van der Waals surface area contributed by atoms with Crippen molar-refractivity contribution >= 4 is 34.7 Å². The first-order valence-electron chi connectivity index (χ1n) is 10.3. The number of nitrogens with zero attached hydrogens (tertiary/aromatic N) is 4. The predicted molar refractivity (Wildman–Crippen MR) is 131 cm³/mol. The van der Waals surface area contributed by atoms with Gasteiger partial charge in [-0.15, -0.1) is 0 Å². The second-order valence-electron chi connectivity index (χ2n) is 7.46. The number of nitro benzene ring substituents is 1. The molecule has 1 aromatic heterocycles. The number of H-pyrrole nitrogens is 1. The summed E-state index contributed by atoms with van der Waals surface area (Å²) in [6.45, 7) is 1.82. The molecule has 1 heterocycles. The summed E-state index contributed by atoms with van der Waals surface area (Å²) in [7, 11) is 3.81. The van der Waals surface area contributed by atoms with E-state index in [-0.39, 0.29) is 28.0 Å². The summed E-state index contributed by atoms with van der Waals surface area (Å²) in [5.41, 5.74) is 1.45. The van der Waals surface area contributed by atoms with Crippen LogP contribution in [-0.2, 0) is 4.79 Å². The predicted octanol–water partition coefficient (Wildman–Crippen LogP) is 3.79. The minimum absolute atomic E-state index is 0.0788. The first kappa shape index (κ1) is 24.5. The first-order valence-corrected chi connectivity index (χ1v) is 11.2. The third kappa shape index (κ3) is 5.60. The van der Waals surface area contributed by atoms with Gasteiger partial charge in [0.2, 0.25) is 5.91 Å². The maximum atomic E-state index is 12.8. The lowest BCUT2D eigenvalue weighted by atomic mass is 10.1. The summed E-state index contributed by atoms with van der Waals surface area (Å²) in [5.74, 6) is -0.342. The summed E-state index contributed by atoms with van der Waals surface area (Å²) in [6, 6.07) is 14.7. The van der Waals surface area contributed by atoms with E-state index in [1.807, 2.05) is 44.1 Å². The largest absolute Gasteiger partial charge is 0.378 e. The van der Waals surface area contributed by atoms with Crippen LogP contribution in [0.25, 0.3) is 11.3 Å². The molecule has 174 valence electrons. The molecule has 0 aliphatic heterocycles. The zero-order valence-electron chi connectivity index (χ0n) is 18.7. The molecule has 0 radical (unpaired) electrons. The van der Waals surface area contributed by atoms with Crippen LogP contribution < -0.4 is 15.8 Å². The minimum atomic E-state index is -0.602. The van der Waals surface area contributed by atoms with Gasteiger partial charge in [-0.3, -0.25) is 19.7 Å². The molecule has 11 heteroatoms. The number of rotatable bonds is 8. The minimum Gasteiger partial charge on any atom is -0.378 e. The van der Waals surface area contributed by atoms with E-state index in [1.165, 1.54) is 24.3 Å². The Labute approximate surface area is 199 Å². The van der Waals surface area contributed by atoms with E-state index in [2.05, 4.69) is 15.3 Å². The van der Waals surface area contributed by atoms with Crippen LogP contribution in [0.1, 0.15) is 18.9 Å². The SMILES string of the molecule is CC[C@H](Sc1nc(-c2ccc(N(C)C)cc2)c(C#N)c(=O)[nH]1)C(=O)Nc1ccc([N+](=O)[O-])cc1. The number of nitro groups is 1. The average Bonchev–Trinajstić information content (AvgIpc) is 2.82. The molecular formula is C23H22N6O4S. The normalized spacial score (nSPS) is 11.4. The van der Waals surface area contributed by atoms with Crippen LogP contribution in [0.2, 0.25) is 0 Å². The van der Waals surface area contributed by atoms with Crippen LogP contribution >= 0.6 is 11.8 Å². The molecule has 10 nitrogen and oxygen atoms in total. The molecule has 0 unspecified atom stereocenters. The lowest BCUT2D eigenvalue weighted by molar-refractivity contribution is -0.384. The van der Waals surface area contributed by atoms with Crippen LogP contribution in [0.5, 0.6) is 0 Å². The Bertz CT molecular complexity index is 1300. The van der Waals surface area contributed by atoms with Gasteiger partial charge in [-0.1, -0.05) is 30.8 Å². The molecule has 34 heavy (non-hydrogen) atoms. The van der Waals surface area contributed by atoms with Crippen LogP contribution in [0.4, 0.5) is 17.1 Å². The summed E-state index contributed by atoms with van der Waals surface area (Å²) >= 11 is 1.07. The summed E-state index contributed by atoms with van der Waals surface area (Å²) < 4.78 is 0. The second kappa shape index (κ2) is 10.6. The van der Waals surface area contributed by atoms with Crippen LogP contribution in [0, 0.1) is 21.4 Å². The Hall–Kier alpha value is -4.17. The fourth-order valence-corrected chi connectivity index (χ4v) is 3.98. The topological polar surface area (TPSA) is 145 Å². The molecule has 0 saturated heterocycles. The lowest BCUT2D eigenvalue weighted by Crippen LogP contribution is -2.25. The highest BCUT2D eigenvalue weighted by Crippen LogP contribution is 2.28. The smallest absolute Gasteiger partial charge is 0.270 e. The van der Waals surface area contributed by atoms with Crippen molar-refractivity contribution in [2.75, 3.05) is 24.3 Å². The molecule has 2 aromatic carbocycles. The Morgan fingerprint density at radius 2 is 1.88 bits per heavy atom. The van der Waals surface area contributed by atoms with Crippen molar-refractivity contribution in [1.82, 2.24) is 9.97 Å². The van der Waals surface area contributed by atoms with Crippen molar-refractivity contribution in [3.05, 3.63) is 74.6 Å². The number of nitriles is 1. The van der Waals surface area contributed by atoms with E-state index in [4.69, 9.17) is 0 Å². The molecule has 0 spiro atoms. The van der Waals surface area contributed by atoms with Crippen molar-refractivity contribution in [2.24, 2.45) is 0 Å². The van der Waals surface area contributed by atoms with Crippen LogP contribution in [-0.4, -0.2) is 40.1 Å². The van der Waals surface area contributed by atoms with Crippen molar-refractivity contribution in [3.8, 4) is 17.3 Å². The molecule has 3 rings (SSSR count). The third-order valence-corrected chi connectivity index (χ3v) is 6.18. The van der Waals surface area contributed by atoms with E-state index in [9.17, 15) is 25.0 Å². The van der Waals surface area contributed by atoms with Gasteiger partial charge in [-0.2, -0.15) is 5.26 Å². The fourth-order valence-electron chi connectivity index (χ4n) is 3.08. The molecule has 2 N–H and O–H groups in total. The highest BCUT2D eigenvalue weighted by Gasteiger charge is 2.22. The zero-order valence-corrected chi connectivity index (χ0v) is 19.5. The average molecular weight is 479 g/mol. The molecular weight excluding hydrogens is 456 g/mol. The van der Waals surface area contributed by atoms with Crippen molar-refractivity contribution in [2.45, 2.75) is 23.8 Å². The number of benzene rings is 2. The van der Waals surface area contributed by atoms with Crippen molar-refractivity contribution in [1.29, 1.82) is 5.26 Å². The van der Waals surface area contributed by atoms with Crippen molar-refractivity contribution in [3.63, 3.8) is 0 Å². The number of thioether (sulfide) groups is 1. The quantitative estimate of drug-likeness (QED) is 0.215. The van der Waals surface area contributed by atoms with E-state index in [0.717, 1.165) is 17.4 Å². The van der Waals surface area contributed by atoms with Crippen LogP contribution in [0.15, 0.2) is 58.5 Å². The van der Waals surface area contributed by atoms with Crippen molar-refractivity contribution < 1.29 is 9.72 Å². The van der Waals surface area contributed by atoms with Gasteiger partial charge in [0.05, 0.1) is 15.9 Å².